The Morgan fingerprint density at radius 2 is 1.78 bits per heavy atom. The van der Waals surface area contributed by atoms with Crippen molar-refractivity contribution < 1.29 is 22.7 Å². The van der Waals surface area contributed by atoms with E-state index in [-0.39, 0.29) is 16.5 Å². The summed E-state index contributed by atoms with van der Waals surface area (Å²) >= 11 is 6.01. The highest BCUT2D eigenvalue weighted by atomic mass is 35.5. The standard InChI is InChI=1S/C18H19ClN2O5S/c1-12-10-15(6-9-17(12)19)21(11-18(23)26-3)27(24,25)16-7-4-14(5-8-16)20-13(2)22/h4-10H,11H2,1-3H3,(H,20,22). The van der Waals surface area contributed by atoms with E-state index in [1.807, 2.05) is 0 Å². The average Bonchev–Trinajstić information content (AvgIpc) is 2.61. The van der Waals surface area contributed by atoms with Crippen molar-refractivity contribution >= 4 is 44.9 Å². The number of aryl methyl sites for hydroxylation is 1. The molecule has 0 unspecified atom stereocenters. The van der Waals surface area contributed by atoms with Crippen molar-refractivity contribution in [3.05, 3.63) is 53.1 Å². The van der Waals surface area contributed by atoms with Gasteiger partial charge in [0.05, 0.1) is 17.7 Å². The maximum Gasteiger partial charge on any atom is 0.326 e. The largest absolute Gasteiger partial charge is 0.468 e. The number of ether oxygens (including phenoxy) is 1. The predicted octanol–water partition coefficient (Wildman–Crippen LogP) is 2.98. The number of sulfonamides is 1. The minimum Gasteiger partial charge on any atom is -0.468 e. The summed E-state index contributed by atoms with van der Waals surface area (Å²) in [4.78, 5) is 22.9. The lowest BCUT2D eigenvalue weighted by Crippen LogP contribution is -2.36. The van der Waals surface area contributed by atoms with Crippen LogP contribution in [0.4, 0.5) is 11.4 Å². The molecule has 7 nitrogen and oxygen atoms in total. The predicted molar refractivity (Wildman–Crippen MR) is 103 cm³/mol. The van der Waals surface area contributed by atoms with Crippen molar-refractivity contribution in [3.8, 4) is 0 Å². The van der Waals surface area contributed by atoms with Crippen LogP contribution in [0.5, 0.6) is 0 Å². The van der Waals surface area contributed by atoms with E-state index in [1.54, 1.807) is 19.1 Å². The third-order valence-corrected chi connectivity index (χ3v) is 5.90. The molecule has 2 aromatic rings. The number of rotatable bonds is 6. The highest BCUT2D eigenvalue weighted by Crippen LogP contribution is 2.28. The van der Waals surface area contributed by atoms with E-state index in [1.165, 1.54) is 44.4 Å². The van der Waals surface area contributed by atoms with E-state index in [9.17, 15) is 18.0 Å². The van der Waals surface area contributed by atoms with Crippen LogP contribution in [0, 0.1) is 6.92 Å². The Balaban J connectivity index is 2.47. The van der Waals surface area contributed by atoms with Gasteiger partial charge >= 0.3 is 5.97 Å². The van der Waals surface area contributed by atoms with Crippen molar-refractivity contribution in [1.29, 1.82) is 0 Å². The molecule has 9 heteroatoms. The molecule has 0 aliphatic heterocycles. The Morgan fingerprint density at radius 3 is 2.30 bits per heavy atom. The summed E-state index contributed by atoms with van der Waals surface area (Å²) in [5, 5.41) is 3.04. The van der Waals surface area contributed by atoms with E-state index in [2.05, 4.69) is 10.1 Å². The van der Waals surface area contributed by atoms with Gasteiger partial charge in [0.15, 0.2) is 0 Å². The molecule has 1 amide bonds. The fourth-order valence-corrected chi connectivity index (χ4v) is 3.84. The van der Waals surface area contributed by atoms with Crippen molar-refractivity contribution in [2.45, 2.75) is 18.7 Å². The molecule has 1 N–H and O–H groups in total. The minimum absolute atomic E-state index is 0.0342. The average molecular weight is 411 g/mol. The van der Waals surface area contributed by atoms with Crippen LogP contribution in [0.25, 0.3) is 0 Å². The van der Waals surface area contributed by atoms with Crippen molar-refractivity contribution in [1.82, 2.24) is 0 Å². The minimum atomic E-state index is -4.06. The second-order valence-corrected chi connectivity index (χ2v) is 8.00. The number of amides is 1. The number of hydrogen-bond donors (Lipinski definition) is 1. The van der Waals surface area contributed by atoms with Gasteiger partial charge in [0.2, 0.25) is 5.91 Å². The lowest BCUT2D eigenvalue weighted by molar-refractivity contribution is -0.138. The van der Waals surface area contributed by atoms with Crippen LogP contribution in [-0.4, -0.2) is 33.9 Å². The summed E-state index contributed by atoms with van der Waals surface area (Å²) in [6, 6.07) is 10.3. The number of carbonyl (C=O) groups is 2. The molecule has 0 spiro atoms. The van der Waals surface area contributed by atoms with E-state index in [4.69, 9.17) is 11.6 Å². The van der Waals surface area contributed by atoms with Gasteiger partial charge in [-0.2, -0.15) is 0 Å². The number of anilines is 2. The highest BCUT2D eigenvalue weighted by Gasteiger charge is 2.28. The fraction of sp³-hybridized carbons (Fsp3) is 0.222. The number of methoxy groups -OCH3 is 1. The number of benzene rings is 2. The number of nitrogens with one attached hydrogen (secondary N) is 1. The first-order valence-electron chi connectivity index (χ1n) is 7.88. The van der Waals surface area contributed by atoms with E-state index in [0.717, 1.165) is 4.31 Å². The number of nitrogens with zero attached hydrogens (tertiary/aromatic N) is 1. The second kappa shape index (κ2) is 8.41. The van der Waals surface area contributed by atoms with Crippen molar-refractivity contribution in [3.63, 3.8) is 0 Å². The molecule has 0 aliphatic rings. The molecular formula is C18H19ClN2O5S. The summed E-state index contributed by atoms with van der Waals surface area (Å²) in [6.45, 7) is 2.59. The molecule has 0 fully saturated rings. The monoisotopic (exact) mass is 410 g/mol. The normalized spacial score (nSPS) is 11.0. The van der Waals surface area contributed by atoms with Crippen LogP contribution in [0.1, 0.15) is 12.5 Å². The Labute approximate surface area is 162 Å². The summed E-state index contributed by atoms with van der Waals surface area (Å²) in [5.74, 6) is -0.976. The van der Waals surface area contributed by atoms with Gasteiger partial charge in [0, 0.05) is 17.6 Å². The quantitative estimate of drug-likeness (QED) is 0.739. The maximum absolute atomic E-state index is 13.1. The summed E-state index contributed by atoms with van der Waals surface area (Å²) < 4.78 is 31.8. The molecule has 0 radical (unpaired) electrons. The molecule has 0 atom stereocenters. The van der Waals surface area contributed by atoms with Gasteiger partial charge in [-0.1, -0.05) is 11.6 Å². The second-order valence-electron chi connectivity index (χ2n) is 5.73. The van der Waals surface area contributed by atoms with Gasteiger partial charge in [0.1, 0.15) is 6.54 Å². The van der Waals surface area contributed by atoms with Gasteiger partial charge < -0.3 is 10.1 Å². The lowest BCUT2D eigenvalue weighted by atomic mass is 10.2. The Hall–Kier alpha value is -2.58. The van der Waals surface area contributed by atoms with Crippen molar-refractivity contribution in [2.24, 2.45) is 0 Å². The topological polar surface area (TPSA) is 92.8 Å². The van der Waals surface area contributed by atoms with Gasteiger partial charge in [-0.15, -0.1) is 0 Å². The van der Waals surface area contributed by atoms with Crippen LogP contribution in [-0.2, 0) is 24.3 Å². The van der Waals surface area contributed by atoms with Crippen LogP contribution >= 0.6 is 11.6 Å². The van der Waals surface area contributed by atoms with Crippen LogP contribution in [0.3, 0.4) is 0 Å². The molecule has 0 bridgehead atoms. The first-order chi connectivity index (χ1) is 12.6. The Bertz CT molecular complexity index is 958. The lowest BCUT2D eigenvalue weighted by Gasteiger charge is -2.24. The van der Waals surface area contributed by atoms with Gasteiger partial charge in [-0.3, -0.25) is 13.9 Å². The molecule has 0 saturated heterocycles. The maximum atomic E-state index is 13.1. The number of hydrogen-bond acceptors (Lipinski definition) is 5. The zero-order valence-corrected chi connectivity index (χ0v) is 16.6. The SMILES string of the molecule is COC(=O)CN(c1ccc(Cl)c(C)c1)S(=O)(=O)c1ccc(NC(C)=O)cc1. The highest BCUT2D eigenvalue weighted by molar-refractivity contribution is 7.92. The molecule has 2 rings (SSSR count). The van der Waals surface area contributed by atoms with Crippen LogP contribution in [0.15, 0.2) is 47.4 Å². The number of esters is 1. The van der Waals surface area contributed by atoms with Gasteiger partial charge in [-0.25, -0.2) is 8.42 Å². The summed E-state index contributed by atoms with van der Waals surface area (Å²) in [7, 11) is -2.87. The smallest absolute Gasteiger partial charge is 0.326 e. The zero-order chi connectivity index (χ0) is 20.2. The molecular weight excluding hydrogens is 392 g/mol. The molecule has 27 heavy (non-hydrogen) atoms. The Morgan fingerprint density at radius 1 is 1.15 bits per heavy atom. The van der Waals surface area contributed by atoms with Crippen LogP contribution < -0.4 is 9.62 Å². The molecule has 0 heterocycles. The van der Waals surface area contributed by atoms with Gasteiger partial charge in [-0.05, 0) is 55.0 Å². The molecule has 2 aromatic carbocycles. The Kier molecular flexibility index (Phi) is 6.45. The number of carbonyl (C=O) groups excluding carboxylic acids is 2. The van der Waals surface area contributed by atoms with E-state index >= 15 is 0 Å². The van der Waals surface area contributed by atoms with Crippen molar-refractivity contribution in [2.75, 3.05) is 23.3 Å². The van der Waals surface area contributed by atoms with Crippen LogP contribution in [0.2, 0.25) is 5.02 Å². The molecule has 144 valence electrons. The van der Waals surface area contributed by atoms with E-state index < -0.39 is 22.5 Å². The summed E-state index contributed by atoms with van der Waals surface area (Å²) in [5.41, 5.74) is 1.41. The fourth-order valence-electron chi connectivity index (χ4n) is 2.32. The first kappa shape index (κ1) is 20.7. The zero-order valence-electron chi connectivity index (χ0n) is 15.0. The number of halogens is 1. The molecule has 0 saturated carbocycles. The molecule has 0 aromatic heterocycles. The third kappa shape index (κ3) is 4.99. The molecule has 0 aliphatic carbocycles. The third-order valence-electron chi connectivity index (χ3n) is 3.69. The van der Waals surface area contributed by atoms with E-state index in [0.29, 0.717) is 16.3 Å². The summed E-state index contributed by atoms with van der Waals surface area (Å²) in [6.07, 6.45) is 0. The first-order valence-corrected chi connectivity index (χ1v) is 9.70. The van der Waals surface area contributed by atoms with Gasteiger partial charge in [0.25, 0.3) is 10.0 Å².